The van der Waals surface area contributed by atoms with Crippen LogP contribution in [-0.2, 0) is 17.1 Å². The van der Waals surface area contributed by atoms with Crippen LogP contribution in [0.3, 0.4) is 0 Å². The molecule has 1 aliphatic rings. The molecule has 190 valence electrons. The Morgan fingerprint density at radius 1 is 1.03 bits per heavy atom. The van der Waals surface area contributed by atoms with Gasteiger partial charge in [0, 0.05) is 32.8 Å². The molecule has 1 unspecified atom stereocenters. The Kier molecular flexibility index (Phi) is 8.46. The van der Waals surface area contributed by atoms with Crippen molar-refractivity contribution in [1.82, 2.24) is 15.0 Å². The highest BCUT2D eigenvalue weighted by atomic mass is 35.5. The largest absolute Gasteiger partial charge is 0.338 e. The normalized spacial score (nSPS) is 16.0. The number of rotatable bonds is 8. The van der Waals surface area contributed by atoms with E-state index in [0.29, 0.717) is 29.8 Å². The second kappa shape index (κ2) is 12.1. The Morgan fingerprint density at radius 2 is 1.76 bits per heavy atom. The first-order chi connectivity index (χ1) is 18.0. The van der Waals surface area contributed by atoms with Gasteiger partial charge in [0.1, 0.15) is 0 Å². The number of nitrogens with one attached hydrogen (secondary N) is 1. The molecule has 1 saturated heterocycles. The number of anilines is 1. The zero-order valence-corrected chi connectivity index (χ0v) is 22.4. The maximum Gasteiger partial charge on any atom is 0.241 e. The Balaban J connectivity index is 1.18. The average Bonchev–Trinajstić information content (AvgIpc) is 3.38. The van der Waals surface area contributed by atoms with Gasteiger partial charge in [-0.3, -0.25) is 9.69 Å². The fourth-order valence-electron chi connectivity index (χ4n) is 4.31. The molecule has 37 heavy (non-hydrogen) atoms. The van der Waals surface area contributed by atoms with E-state index >= 15 is 0 Å². The number of hydrogen-bond acceptors (Lipinski definition) is 6. The van der Waals surface area contributed by atoms with Crippen LogP contribution in [0, 0.1) is 5.92 Å². The monoisotopic (exact) mass is 552 g/mol. The number of carbonyl (C=O) groups is 1. The average molecular weight is 554 g/mol. The van der Waals surface area contributed by atoms with Crippen molar-refractivity contribution >= 4 is 46.6 Å². The van der Waals surface area contributed by atoms with Crippen LogP contribution in [0.5, 0.6) is 0 Å². The number of piperidine rings is 1. The lowest BCUT2D eigenvalue weighted by Crippen LogP contribution is -2.40. The van der Waals surface area contributed by atoms with Gasteiger partial charge >= 0.3 is 0 Å². The highest BCUT2D eigenvalue weighted by Crippen LogP contribution is 2.31. The number of thioether (sulfide) groups is 1. The SMILES string of the molecule is O=C(Nc1ccccc1SCc1ccc(Cl)cc1)C1CCCN(Cc2nc(-c3ccc(Cl)cc3)no2)C1. The van der Waals surface area contributed by atoms with E-state index in [-0.39, 0.29) is 11.8 Å². The highest BCUT2D eigenvalue weighted by Gasteiger charge is 2.27. The van der Waals surface area contributed by atoms with Gasteiger partial charge in [0.05, 0.1) is 18.2 Å². The van der Waals surface area contributed by atoms with Crippen LogP contribution in [0.1, 0.15) is 24.3 Å². The molecule has 1 atom stereocenters. The summed E-state index contributed by atoms with van der Waals surface area (Å²) >= 11 is 13.7. The van der Waals surface area contributed by atoms with Crippen LogP contribution < -0.4 is 5.32 Å². The molecule has 6 nitrogen and oxygen atoms in total. The van der Waals surface area contributed by atoms with Crippen molar-refractivity contribution in [3.05, 3.63) is 94.3 Å². The van der Waals surface area contributed by atoms with Gasteiger partial charge in [-0.15, -0.1) is 11.8 Å². The lowest BCUT2D eigenvalue weighted by Gasteiger charge is -2.31. The molecule has 0 spiro atoms. The molecule has 1 fully saturated rings. The minimum absolute atomic E-state index is 0.0385. The Bertz CT molecular complexity index is 1350. The molecule has 2 heterocycles. The van der Waals surface area contributed by atoms with Gasteiger partial charge in [-0.25, -0.2) is 0 Å². The zero-order valence-electron chi connectivity index (χ0n) is 20.1. The number of nitrogens with zero attached hydrogens (tertiary/aromatic N) is 3. The van der Waals surface area contributed by atoms with Crippen molar-refractivity contribution in [2.45, 2.75) is 30.0 Å². The molecule has 0 saturated carbocycles. The summed E-state index contributed by atoms with van der Waals surface area (Å²) in [5.74, 6) is 1.79. The van der Waals surface area contributed by atoms with Crippen LogP contribution in [0.4, 0.5) is 5.69 Å². The molecule has 0 aliphatic carbocycles. The third-order valence-electron chi connectivity index (χ3n) is 6.26. The molecule has 3 aromatic carbocycles. The van der Waals surface area contributed by atoms with E-state index in [1.54, 1.807) is 23.9 Å². The summed E-state index contributed by atoms with van der Waals surface area (Å²) in [6, 6.07) is 23.1. The number of aromatic nitrogens is 2. The first-order valence-electron chi connectivity index (χ1n) is 12.1. The quantitative estimate of drug-likeness (QED) is 0.233. The van der Waals surface area contributed by atoms with E-state index in [4.69, 9.17) is 27.7 Å². The fourth-order valence-corrected chi connectivity index (χ4v) is 5.53. The van der Waals surface area contributed by atoms with Crippen LogP contribution >= 0.6 is 35.0 Å². The van der Waals surface area contributed by atoms with Gasteiger partial charge in [-0.05, 0) is 73.5 Å². The van der Waals surface area contributed by atoms with E-state index < -0.39 is 0 Å². The predicted octanol–water partition coefficient (Wildman–Crippen LogP) is 7.19. The highest BCUT2D eigenvalue weighted by molar-refractivity contribution is 7.98. The lowest BCUT2D eigenvalue weighted by molar-refractivity contribution is -0.121. The molecule has 9 heteroatoms. The standard InChI is InChI=1S/C28H26Cl2N4O2S/c29-22-11-7-19(8-12-22)18-37-25-6-2-1-5-24(25)31-28(35)21-4-3-15-34(16-21)17-26-32-27(33-36-26)20-9-13-23(30)14-10-20/h1-2,5-14,21H,3-4,15-18H2,(H,31,35). The minimum atomic E-state index is -0.110. The molecule has 1 N–H and O–H groups in total. The maximum atomic E-state index is 13.2. The summed E-state index contributed by atoms with van der Waals surface area (Å²) in [5, 5.41) is 8.66. The van der Waals surface area contributed by atoms with E-state index in [2.05, 4.69) is 20.4 Å². The van der Waals surface area contributed by atoms with E-state index in [0.717, 1.165) is 46.3 Å². The zero-order chi connectivity index (χ0) is 25.6. The van der Waals surface area contributed by atoms with Crippen LogP contribution in [-0.4, -0.2) is 34.0 Å². The van der Waals surface area contributed by atoms with Gasteiger partial charge in [0.25, 0.3) is 0 Å². The maximum absolute atomic E-state index is 13.2. The van der Waals surface area contributed by atoms with Crippen LogP contribution in [0.15, 0.2) is 82.2 Å². The molecule has 5 rings (SSSR count). The van der Waals surface area contributed by atoms with E-state index in [9.17, 15) is 4.79 Å². The Hall–Kier alpha value is -2.84. The number of likely N-dealkylation sites (tertiary alicyclic amines) is 1. The molecule has 0 radical (unpaired) electrons. The first kappa shape index (κ1) is 25.8. The van der Waals surface area contributed by atoms with Gasteiger partial charge in [-0.1, -0.05) is 52.6 Å². The van der Waals surface area contributed by atoms with Crippen molar-refractivity contribution in [3.63, 3.8) is 0 Å². The predicted molar refractivity (Wildman–Crippen MR) is 149 cm³/mol. The number of para-hydroxylation sites is 1. The Morgan fingerprint density at radius 3 is 2.54 bits per heavy atom. The molecular formula is C28H26Cl2N4O2S. The van der Waals surface area contributed by atoms with Crippen molar-refractivity contribution in [1.29, 1.82) is 0 Å². The van der Waals surface area contributed by atoms with Crippen molar-refractivity contribution in [2.75, 3.05) is 18.4 Å². The third kappa shape index (κ3) is 6.93. The topological polar surface area (TPSA) is 71.3 Å². The van der Waals surface area contributed by atoms with Gasteiger partial charge in [-0.2, -0.15) is 4.98 Å². The third-order valence-corrected chi connectivity index (χ3v) is 7.91. The number of benzene rings is 3. The minimum Gasteiger partial charge on any atom is -0.338 e. The van der Waals surface area contributed by atoms with Gasteiger partial charge < -0.3 is 9.84 Å². The van der Waals surface area contributed by atoms with Gasteiger partial charge in [0.2, 0.25) is 17.6 Å². The Labute approximate surface area is 230 Å². The van der Waals surface area contributed by atoms with Crippen molar-refractivity contribution in [2.24, 2.45) is 5.92 Å². The summed E-state index contributed by atoms with van der Waals surface area (Å²) in [5.41, 5.74) is 2.87. The van der Waals surface area contributed by atoms with Crippen molar-refractivity contribution in [3.8, 4) is 11.4 Å². The van der Waals surface area contributed by atoms with E-state index in [1.807, 2.05) is 60.7 Å². The second-order valence-corrected chi connectivity index (χ2v) is 10.9. The summed E-state index contributed by atoms with van der Waals surface area (Å²) in [4.78, 5) is 21.0. The number of halogens is 2. The summed E-state index contributed by atoms with van der Waals surface area (Å²) in [7, 11) is 0. The smallest absolute Gasteiger partial charge is 0.241 e. The number of carbonyl (C=O) groups excluding carboxylic acids is 1. The lowest BCUT2D eigenvalue weighted by atomic mass is 9.97. The summed E-state index contributed by atoms with van der Waals surface area (Å²) in [6.07, 6.45) is 1.78. The first-order valence-corrected chi connectivity index (χ1v) is 13.9. The van der Waals surface area contributed by atoms with Crippen molar-refractivity contribution < 1.29 is 9.32 Å². The second-order valence-electron chi connectivity index (χ2n) is 8.99. The molecule has 1 aliphatic heterocycles. The molecule has 4 aromatic rings. The fraction of sp³-hybridized carbons (Fsp3) is 0.250. The summed E-state index contributed by atoms with van der Waals surface area (Å²) < 4.78 is 5.48. The number of amides is 1. The number of hydrogen-bond donors (Lipinski definition) is 1. The van der Waals surface area contributed by atoms with Gasteiger partial charge in [0.15, 0.2) is 0 Å². The molecule has 1 amide bonds. The molecule has 0 bridgehead atoms. The van der Waals surface area contributed by atoms with Crippen LogP contribution in [0.2, 0.25) is 10.0 Å². The summed E-state index contributed by atoms with van der Waals surface area (Å²) in [6.45, 7) is 2.04. The molecular weight excluding hydrogens is 527 g/mol. The molecule has 1 aromatic heterocycles. The van der Waals surface area contributed by atoms with Crippen LogP contribution in [0.25, 0.3) is 11.4 Å². The van der Waals surface area contributed by atoms with E-state index in [1.165, 1.54) is 5.56 Å².